The predicted molar refractivity (Wildman–Crippen MR) is 96.7 cm³/mol. The molecule has 0 unspecified atom stereocenters. The van der Waals surface area contributed by atoms with Gasteiger partial charge in [-0.1, -0.05) is 18.2 Å². The second-order valence-corrected chi connectivity index (χ2v) is 6.53. The number of amides is 1. The Balaban J connectivity index is 1.52. The summed E-state index contributed by atoms with van der Waals surface area (Å²) >= 11 is 0. The number of ether oxygens (including phenoxy) is 2. The minimum atomic E-state index is -0.275. The largest absolute Gasteiger partial charge is 0.454 e. The fourth-order valence-corrected chi connectivity index (χ4v) is 2.97. The standard InChI is InChI=1S/C20H23FN2O3/c1-23(2)17(15-4-3-5-16(21)11-15)12-22-20(24)9-7-14-6-8-18-19(10-14)26-13-25-18/h3-6,8,10-11,17H,7,9,12-13H2,1-2H3,(H,22,24)/t17-/m1/s1. The average molecular weight is 358 g/mol. The van der Waals surface area contributed by atoms with E-state index >= 15 is 0 Å². The van der Waals surface area contributed by atoms with Crippen molar-refractivity contribution in [2.75, 3.05) is 27.4 Å². The molecule has 138 valence electrons. The number of halogens is 1. The Bertz CT molecular complexity index is 779. The highest BCUT2D eigenvalue weighted by molar-refractivity contribution is 5.76. The molecule has 1 N–H and O–H groups in total. The van der Waals surface area contributed by atoms with Crippen LogP contribution in [0.5, 0.6) is 11.5 Å². The Labute approximate surface area is 152 Å². The molecule has 1 aliphatic rings. The van der Waals surface area contributed by atoms with Crippen LogP contribution >= 0.6 is 0 Å². The fourth-order valence-electron chi connectivity index (χ4n) is 2.97. The lowest BCUT2D eigenvalue weighted by molar-refractivity contribution is -0.121. The van der Waals surface area contributed by atoms with Crippen molar-refractivity contribution in [1.29, 1.82) is 0 Å². The van der Waals surface area contributed by atoms with Gasteiger partial charge in [-0.3, -0.25) is 4.79 Å². The molecule has 1 heterocycles. The maximum absolute atomic E-state index is 13.5. The summed E-state index contributed by atoms with van der Waals surface area (Å²) in [5.41, 5.74) is 1.87. The molecule has 2 aromatic rings. The van der Waals surface area contributed by atoms with E-state index in [1.165, 1.54) is 12.1 Å². The summed E-state index contributed by atoms with van der Waals surface area (Å²) in [6.45, 7) is 0.668. The molecule has 1 amide bonds. The Morgan fingerprint density at radius 2 is 2.00 bits per heavy atom. The molecule has 0 aromatic heterocycles. The van der Waals surface area contributed by atoms with Gasteiger partial charge in [0, 0.05) is 13.0 Å². The molecule has 6 heteroatoms. The number of carbonyl (C=O) groups is 1. The maximum Gasteiger partial charge on any atom is 0.231 e. The molecule has 0 bridgehead atoms. The van der Waals surface area contributed by atoms with E-state index in [2.05, 4.69) is 5.32 Å². The van der Waals surface area contributed by atoms with E-state index in [0.717, 1.165) is 22.6 Å². The van der Waals surface area contributed by atoms with Crippen LogP contribution in [0.2, 0.25) is 0 Å². The van der Waals surface area contributed by atoms with Crippen molar-refractivity contribution in [2.45, 2.75) is 18.9 Å². The first kappa shape index (κ1) is 18.2. The van der Waals surface area contributed by atoms with Gasteiger partial charge in [0.25, 0.3) is 0 Å². The number of rotatable bonds is 7. The molecular weight excluding hydrogens is 335 g/mol. The number of hydrogen-bond acceptors (Lipinski definition) is 4. The number of fused-ring (bicyclic) bond motifs is 1. The van der Waals surface area contributed by atoms with E-state index in [0.29, 0.717) is 19.4 Å². The van der Waals surface area contributed by atoms with Crippen LogP contribution in [0.15, 0.2) is 42.5 Å². The molecule has 1 aliphatic heterocycles. The molecule has 1 atom stereocenters. The molecule has 0 saturated heterocycles. The van der Waals surface area contributed by atoms with Crippen LogP contribution in [0.3, 0.4) is 0 Å². The predicted octanol–water partition coefficient (Wildman–Crippen LogP) is 2.91. The van der Waals surface area contributed by atoms with Crippen LogP contribution in [0.1, 0.15) is 23.6 Å². The van der Waals surface area contributed by atoms with Crippen LogP contribution in [-0.2, 0) is 11.2 Å². The zero-order valence-electron chi connectivity index (χ0n) is 15.0. The van der Waals surface area contributed by atoms with Crippen LogP contribution in [0.25, 0.3) is 0 Å². The Kier molecular flexibility index (Phi) is 5.73. The van der Waals surface area contributed by atoms with Gasteiger partial charge in [-0.15, -0.1) is 0 Å². The van der Waals surface area contributed by atoms with Gasteiger partial charge in [0.15, 0.2) is 11.5 Å². The lowest BCUT2D eigenvalue weighted by Gasteiger charge is -2.25. The summed E-state index contributed by atoms with van der Waals surface area (Å²) in [5.74, 6) is 1.15. The molecular formula is C20H23FN2O3. The second kappa shape index (κ2) is 8.19. The number of nitrogens with one attached hydrogen (secondary N) is 1. The molecule has 0 saturated carbocycles. The average Bonchev–Trinajstić information content (AvgIpc) is 3.07. The quantitative estimate of drug-likeness (QED) is 0.827. The van der Waals surface area contributed by atoms with E-state index in [-0.39, 0.29) is 24.6 Å². The van der Waals surface area contributed by atoms with Gasteiger partial charge in [0.05, 0.1) is 6.04 Å². The zero-order chi connectivity index (χ0) is 18.5. The number of likely N-dealkylation sites (N-methyl/N-ethyl adjacent to an activating group) is 1. The monoisotopic (exact) mass is 358 g/mol. The first-order valence-electron chi connectivity index (χ1n) is 8.60. The number of nitrogens with zero attached hydrogens (tertiary/aromatic N) is 1. The summed E-state index contributed by atoms with van der Waals surface area (Å²) in [6.07, 6.45) is 0.998. The van der Waals surface area contributed by atoms with E-state index in [1.54, 1.807) is 6.07 Å². The minimum absolute atomic E-state index is 0.0362. The van der Waals surface area contributed by atoms with E-state index in [9.17, 15) is 9.18 Å². The van der Waals surface area contributed by atoms with Crippen molar-refractivity contribution in [2.24, 2.45) is 0 Å². The van der Waals surface area contributed by atoms with E-state index < -0.39 is 0 Å². The molecule has 2 aromatic carbocycles. The molecule has 0 spiro atoms. The third kappa shape index (κ3) is 4.52. The summed E-state index contributed by atoms with van der Waals surface area (Å²) in [5, 5.41) is 2.95. The fraction of sp³-hybridized carbons (Fsp3) is 0.350. The highest BCUT2D eigenvalue weighted by Crippen LogP contribution is 2.32. The van der Waals surface area contributed by atoms with Crippen molar-refractivity contribution in [3.63, 3.8) is 0 Å². The second-order valence-electron chi connectivity index (χ2n) is 6.53. The highest BCUT2D eigenvalue weighted by Gasteiger charge is 2.17. The number of benzene rings is 2. The van der Waals surface area contributed by atoms with Crippen molar-refractivity contribution >= 4 is 5.91 Å². The van der Waals surface area contributed by atoms with Gasteiger partial charge in [-0.25, -0.2) is 4.39 Å². The van der Waals surface area contributed by atoms with Crippen LogP contribution < -0.4 is 14.8 Å². The highest BCUT2D eigenvalue weighted by atomic mass is 19.1. The van der Waals surface area contributed by atoms with Crippen molar-refractivity contribution in [3.8, 4) is 11.5 Å². The lowest BCUT2D eigenvalue weighted by Crippen LogP contribution is -2.34. The number of aryl methyl sites for hydroxylation is 1. The van der Waals surface area contributed by atoms with Crippen LogP contribution in [0, 0.1) is 5.82 Å². The Morgan fingerprint density at radius 1 is 1.19 bits per heavy atom. The molecule has 5 nitrogen and oxygen atoms in total. The molecule has 26 heavy (non-hydrogen) atoms. The SMILES string of the molecule is CN(C)[C@H](CNC(=O)CCc1ccc2c(c1)OCO2)c1cccc(F)c1. The number of hydrogen-bond donors (Lipinski definition) is 1. The first-order valence-corrected chi connectivity index (χ1v) is 8.60. The normalized spacial score (nSPS) is 13.7. The van der Waals surface area contributed by atoms with Gasteiger partial charge >= 0.3 is 0 Å². The van der Waals surface area contributed by atoms with E-state index in [4.69, 9.17) is 9.47 Å². The van der Waals surface area contributed by atoms with Gasteiger partial charge in [0.1, 0.15) is 5.82 Å². The van der Waals surface area contributed by atoms with Crippen LogP contribution in [0.4, 0.5) is 4.39 Å². The Hall–Kier alpha value is -2.60. The Morgan fingerprint density at radius 3 is 2.77 bits per heavy atom. The lowest BCUT2D eigenvalue weighted by atomic mass is 10.1. The third-order valence-electron chi connectivity index (χ3n) is 4.43. The van der Waals surface area contributed by atoms with Gasteiger partial charge < -0.3 is 19.7 Å². The maximum atomic E-state index is 13.5. The number of carbonyl (C=O) groups excluding carboxylic acids is 1. The third-order valence-corrected chi connectivity index (χ3v) is 4.43. The summed E-state index contributed by atoms with van der Waals surface area (Å²) in [7, 11) is 3.82. The van der Waals surface area contributed by atoms with Gasteiger partial charge in [0.2, 0.25) is 12.7 Å². The summed E-state index contributed by atoms with van der Waals surface area (Å²) < 4.78 is 24.1. The molecule has 3 rings (SSSR count). The first-order chi connectivity index (χ1) is 12.5. The molecule has 0 fully saturated rings. The minimum Gasteiger partial charge on any atom is -0.454 e. The smallest absolute Gasteiger partial charge is 0.231 e. The van der Waals surface area contributed by atoms with Crippen LogP contribution in [-0.4, -0.2) is 38.2 Å². The summed E-state index contributed by atoms with van der Waals surface area (Å²) in [4.78, 5) is 14.2. The van der Waals surface area contributed by atoms with Gasteiger partial charge in [-0.2, -0.15) is 0 Å². The topological polar surface area (TPSA) is 50.8 Å². The van der Waals surface area contributed by atoms with Crippen molar-refractivity contribution < 1.29 is 18.7 Å². The van der Waals surface area contributed by atoms with Gasteiger partial charge in [-0.05, 0) is 55.9 Å². The van der Waals surface area contributed by atoms with Crippen molar-refractivity contribution in [3.05, 3.63) is 59.4 Å². The van der Waals surface area contributed by atoms with Crippen molar-refractivity contribution in [1.82, 2.24) is 10.2 Å². The zero-order valence-corrected chi connectivity index (χ0v) is 15.0. The van der Waals surface area contributed by atoms with E-state index in [1.807, 2.05) is 43.3 Å². The molecule has 0 aliphatic carbocycles. The summed E-state index contributed by atoms with van der Waals surface area (Å²) in [6, 6.07) is 12.1. The molecule has 0 radical (unpaired) electrons.